The second-order valence-corrected chi connectivity index (χ2v) is 4.17. The van der Waals surface area contributed by atoms with Crippen LogP contribution in [0.15, 0.2) is 10.9 Å². The summed E-state index contributed by atoms with van der Waals surface area (Å²) in [5.74, 6) is 1.16. The van der Waals surface area contributed by atoms with E-state index in [1.807, 2.05) is 0 Å². The van der Waals surface area contributed by atoms with E-state index in [1.54, 1.807) is 4.57 Å². The molecule has 0 spiro atoms. The van der Waals surface area contributed by atoms with Gasteiger partial charge in [0.05, 0.1) is 0 Å². The van der Waals surface area contributed by atoms with E-state index < -0.39 is 0 Å². The van der Waals surface area contributed by atoms with Gasteiger partial charge in [0.2, 0.25) is 0 Å². The average Bonchev–Trinajstić information content (AvgIpc) is 2.98. The van der Waals surface area contributed by atoms with E-state index in [4.69, 9.17) is 16.7 Å². The molecule has 82 valence electrons. The number of aromatic nitrogens is 2. The molecular formula is C10H13ClN2O2. The van der Waals surface area contributed by atoms with Crippen LogP contribution in [0.2, 0.25) is 5.15 Å². The van der Waals surface area contributed by atoms with Gasteiger partial charge in [0.25, 0.3) is 5.56 Å². The number of halogens is 1. The van der Waals surface area contributed by atoms with Crippen LogP contribution in [-0.4, -0.2) is 21.3 Å². The van der Waals surface area contributed by atoms with Crippen molar-refractivity contribution < 1.29 is 5.11 Å². The van der Waals surface area contributed by atoms with Crippen molar-refractivity contribution >= 4 is 11.6 Å². The van der Waals surface area contributed by atoms with Crippen LogP contribution in [0.25, 0.3) is 0 Å². The van der Waals surface area contributed by atoms with Crippen LogP contribution >= 0.6 is 11.6 Å². The lowest BCUT2D eigenvalue weighted by Gasteiger charge is -2.10. The molecular weight excluding hydrogens is 216 g/mol. The van der Waals surface area contributed by atoms with E-state index in [-0.39, 0.29) is 17.3 Å². The van der Waals surface area contributed by atoms with Crippen molar-refractivity contribution in [3.05, 3.63) is 27.4 Å². The van der Waals surface area contributed by atoms with Crippen LogP contribution in [0.4, 0.5) is 0 Å². The molecule has 0 saturated heterocycles. The number of hydrogen-bond acceptors (Lipinski definition) is 3. The molecule has 1 saturated carbocycles. The van der Waals surface area contributed by atoms with Crippen molar-refractivity contribution in [2.24, 2.45) is 0 Å². The van der Waals surface area contributed by atoms with Crippen LogP contribution < -0.4 is 5.56 Å². The fourth-order valence-electron chi connectivity index (χ4n) is 1.60. The van der Waals surface area contributed by atoms with Crippen molar-refractivity contribution in [3.63, 3.8) is 0 Å². The number of hydrogen-bond donors (Lipinski definition) is 1. The highest BCUT2D eigenvalue weighted by Gasteiger charge is 2.28. The lowest BCUT2D eigenvalue weighted by atomic mass is 10.3. The summed E-state index contributed by atoms with van der Waals surface area (Å²) in [5.41, 5.74) is -0.120. The third-order valence-electron chi connectivity index (χ3n) is 2.49. The van der Waals surface area contributed by atoms with E-state index >= 15 is 0 Å². The number of aliphatic hydroxyl groups excluding tert-OH is 1. The Labute approximate surface area is 92.5 Å². The fourth-order valence-corrected chi connectivity index (χ4v) is 1.78. The SMILES string of the molecule is O=c1cc(Cl)nc(C2CC2)n1CCCO. The minimum absolute atomic E-state index is 0.0825. The highest BCUT2D eigenvalue weighted by molar-refractivity contribution is 6.29. The molecule has 1 aromatic heterocycles. The van der Waals surface area contributed by atoms with Crippen molar-refractivity contribution in [3.8, 4) is 0 Å². The summed E-state index contributed by atoms with van der Waals surface area (Å²) < 4.78 is 1.62. The van der Waals surface area contributed by atoms with Gasteiger partial charge >= 0.3 is 0 Å². The van der Waals surface area contributed by atoms with Gasteiger partial charge in [0.1, 0.15) is 11.0 Å². The quantitative estimate of drug-likeness (QED) is 0.787. The first-order valence-electron chi connectivity index (χ1n) is 5.10. The van der Waals surface area contributed by atoms with Crippen molar-refractivity contribution in [1.29, 1.82) is 0 Å². The van der Waals surface area contributed by atoms with Gasteiger partial charge in [-0.2, -0.15) is 0 Å². The molecule has 1 N–H and O–H groups in total. The normalized spacial score (nSPS) is 15.6. The summed E-state index contributed by atoms with van der Waals surface area (Å²) in [4.78, 5) is 15.9. The maximum Gasteiger partial charge on any atom is 0.254 e. The summed E-state index contributed by atoms with van der Waals surface area (Å²) in [6.07, 6.45) is 2.72. The van der Waals surface area contributed by atoms with Crippen LogP contribution in [-0.2, 0) is 6.54 Å². The molecule has 0 radical (unpaired) electrons. The molecule has 1 heterocycles. The average molecular weight is 229 g/mol. The van der Waals surface area contributed by atoms with Gasteiger partial charge in [-0.15, -0.1) is 0 Å². The molecule has 15 heavy (non-hydrogen) atoms. The third kappa shape index (κ3) is 2.38. The lowest BCUT2D eigenvalue weighted by Crippen LogP contribution is -2.24. The fraction of sp³-hybridized carbons (Fsp3) is 0.600. The van der Waals surface area contributed by atoms with E-state index in [2.05, 4.69) is 4.98 Å². The number of nitrogens with zero attached hydrogens (tertiary/aromatic N) is 2. The monoisotopic (exact) mass is 228 g/mol. The van der Waals surface area contributed by atoms with E-state index in [9.17, 15) is 4.79 Å². The van der Waals surface area contributed by atoms with Crippen molar-refractivity contribution in [2.45, 2.75) is 31.7 Å². The van der Waals surface area contributed by atoms with Gasteiger partial charge in [-0.25, -0.2) is 4.98 Å². The molecule has 1 aliphatic carbocycles. The van der Waals surface area contributed by atoms with Crippen molar-refractivity contribution in [1.82, 2.24) is 9.55 Å². The Bertz CT molecular complexity index is 412. The Morgan fingerprint density at radius 1 is 1.60 bits per heavy atom. The Morgan fingerprint density at radius 2 is 2.33 bits per heavy atom. The van der Waals surface area contributed by atoms with Gasteiger partial charge < -0.3 is 5.11 Å². The van der Waals surface area contributed by atoms with Crippen LogP contribution in [0.3, 0.4) is 0 Å². The topological polar surface area (TPSA) is 55.1 Å². The Kier molecular flexibility index (Phi) is 3.07. The summed E-state index contributed by atoms with van der Waals surface area (Å²) >= 11 is 5.75. The van der Waals surface area contributed by atoms with Crippen molar-refractivity contribution in [2.75, 3.05) is 6.61 Å². The van der Waals surface area contributed by atoms with Gasteiger partial charge in [0, 0.05) is 25.1 Å². The maximum atomic E-state index is 11.7. The Balaban J connectivity index is 2.35. The largest absolute Gasteiger partial charge is 0.396 e. The van der Waals surface area contributed by atoms with Gasteiger partial charge in [-0.3, -0.25) is 9.36 Å². The zero-order valence-corrected chi connectivity index (χ0v) is 9.07. The molecule has 0 unspecified atom stereocenters. The highest BCUT2D eigenvalue weighted by atomic mass is 35.5. The maximum absolute atomic E-state index is 11.7. The molecule has 1 aromatic rings. The summed E-state index contributed by atoms with van der Waals surface area (Å²) in [6, 6.07) is 1.32. The summed E-state index contributed by atoms with van der Waals surface area (Å²) in [6.45, 7) is 0.602. The predicted octanol–water partition coefficient (Wildman–Crippen LogP) is 1.16. The molecule has 1 fully saturated rings. The van der Waals surface area contributed by atoms with E-state index in [1.165, 1.54) is 6.07 Å². The van der Waals surface area contributed by atoms with Gasteiger partial charge in [0.15, 0.2) is 0 Å². The minimum Gasteiger partial charge on any atom is -0.396 e. The second-order valence-electron chi connectivity index (χ2n) is 3.78. The van der Waals surface area contributed by atoms with Gasteiger partial charge in [-0.05, 0) is 19.3 Å². The molecule has 0 bridgehead atoms. The zero-order valence-electron chi connectivity index (χ0n) is 8.32. The third-order valence-corrected chi connectivity index (χ3v) is 2.68. The standard InChI is InChI=1S/C10H13ClN2O2/c11-8-6-9(15)13(4-1-5-14)10(12-8)7-2-3-7/h6-7,14H,1-5H2. The summed E-state index contributed by atoms with van der Waals surface area (Å²) in [5, 5.41) is 9.02. The van der Waals surface area contributed by atoms with Crippen LogP contribution in [0.5, 0.6) is 0 Å². The van der Waals surface area contributed by atoms with Crippen LogP contribution in [0.1, 0.15) is 31.0 Å². The smallest absolute Gasteiger partial charge is 0.254 e. The highest BCUT2D eigenvalue weighted by Crippen LogP contribution is 2.38. The van der Waals surface area contributed by atoms with E-state index in [0.29, 0.717) is 18.9 Å². The first kappa shape index (κ1) is 10.6. The number of aliphatic hydroxyl groups is 1. The Morgan fingerprint density at radius 3 is 2.93 bits per heavy atom. The second kappa shape index (κ2) is 4.33. The van der Waals surface area contributed by atoms with E-state index in [0.717, 1.165) is 18.7 Å². The van der Waals surface area contributed by atoms with Gasteiger partial charge in [-0.1, -0.05) is 11.6 Å². The molecule has 5 heteroatoms. The minimum atomic E-state index is -0.120. The number of rotatable bonds is 4. The zero-order chi connectivity index (χ0) is 10.8. The molecule has 0 aliphatic heterocycles. The molecule has 0 amide bonds. The lowest BCUT2D eigenvalue weighted by molar-refractivity contribution is 0.278. The first-order valence-corrected chi connectivity index (χ1v) is 5.48. The molecule has 0 atom stereocenters. The predicted molar refractivity (Wildman–Crippen MR) is 57.2 cm³/mol. The molecule has 2 rings (SSSR count). The van der Waals surface area contributed by atoms with Crippen LogP contribution in [0, 0.1) is 0 Å². The first-order chi connectivity index (χ1) is 7.22. The molecule has 1 aliphatic rings. The molecule has 0 aromatic carbocycles. The Hall–Kier alpha value is -0.870. The summed E-state index contributed by atoms with van der Waals surface area (Å²) in [7, 11) is 0. The molecule has 4 nitrogen and oxygen atoms in total.